The van der Waals surface area contributed by atoms with Crippen LogP contribution in [0.15, 0.2) is 24.3 Å². The first kappa shape index (κ1) is 17.0. The van der Waals surface area contributed by atoms with Crippen molar-refractivity contribution in [3.63, 3.8) is 0 Å². The molecule has 0 fully saturated rings. The van der Waals surface area contributed by atoms with E-state index in [1.54, 1.807) is 0 Å². The summed E-state index contributed by atoms with van der Waals surface area (Å²) in [6.07, 6.45) is 0.226. The first-order valence-corrected chi connectivity index (χ1v) is 7.70. The van der Waals surface area contributed by atoms with Crippen molar-refractivity contribution in [2.45, 2.75) is 60.6 Å². The third-order valence-corrected chi connectivity index (χ3v) is 3.96. The molecule has 0 bridgehead atoms. The van der Waals surface area contributed by atoms with Gasteiger partial charge in [0.25, 0.3) is 0 Å². The fourth-order valence-electron chi connectivity index (χ4n) is 1.88. The highest BCUT2D eigenvalue weighted by Gasteiger charge is 2.20. The molecule has 0 spiro atoms. The summed E-state index contributed by atoms with van der Waals surface area (Å²) >= 11 is 0. The third kappa shape index (κ3) is 5.54. The van der Waals surface area contributed by atoms with E-state index in [2.05, 4.69) is 64.2 Å². The van der Waals surface area contributed by atoms with E-state index in [0.29, 0.717) is 17.4 Å². The molecule has 20 heavy (non-hydrogen) atoms. The summed E-state index contributed by atoms with van der Waals surface area (Å²) in [5.74, 6) is 1.59. The molecule has 0 radical (unpaired) electrons. The van der Waals surface area contributed by atoms with Crippen LogP contribution in [0.4, 0.5) is 0 Å². The van der Waals surface area contributed by atoms with Gasteiger partial charge in [0.2, 0.25) is 0 Å². The van der Waals surface area contributed by atoms with Crippen LogP contribution >= 0.6 is 0 Å². The maximum absolute atomic E-state index is 5.67. The Bertz CT molecular complexity index is 389. The lowest BCUT2D eigenvalue weighted by molar-refractivity contribution is 0.242. The van der Waals surface area contributed by atoms with Crippen molar-refractivity contribution in [2.75, 3.05) is 6.54 Å². The van der Waals surface area contributed by atoms with Gasteiger partial charge in [0.05, 0.1) is 6.10 Å². The molecule has 1 aromatic rings. The van der Waals surface area contributed by atoms with Crippen LogP contribution in [0.25, 0.3) is 0 Å². The smallest absolute Gasteiger partial charge is 0.119 e. The Balaban J connectivity index is 2.53. The van der Waals surface area contributed by atoms with Crippen molar-refractivity contribution in [3.8, 4) is 5.75 Å². The van der Waals surface area contributed by atoms with E-state index in [-0.39, 0.29) is 6.10 Å². The van der Waals surface area contributed by atoms with Crippen LogP contribution in [0.5, 0.6) is 5.75 Å². The van der Waals surface area contributed by atoms with E-state index in [1.807, 2.05) is 13.8 Å². The lowest BCUT2D eigenvalue weighted by Gasteiger charge is -2.29. The highest BCUT2D eigenvalue weighted by Crippen LogP contribution is 2.25. The molecule has 0 saturated heterocycles. The maximum atomic E-state index is 5.67. The van der Waals surface area contributed by atoms with Crippen molar-refractivity contribution in [3.05, 3.63) is 29.8 Å². The molecule has 1 rings (SSSR count). The second kappa shape index (κ2) is 7.12. The van der Waals surface area contributed by atoms with Crippen LogP contribution in [0.1, 0.15) is 60.1 Å². The predicted octanol–water partition coefficient (Wildman–Crippen LogP) is 4.81. The van der Waals surface area contributed by atoms with Gasteiger partial charge in [-0.3, -0.25) is 0 Å². The maximum Gasteiger partial charge on any atom is 0.119 e. The summed E-state index contributed by atoms with van der Waals surface area (Å²) in [6.45, 7) is 16.5. The van der Waals surface area contributed by atoms with Gasteiger partial charge in [0.1, 0.15) is 5.75 Å². The van der Waals surface area contributed by atoms with Gasteiger partial charge in [-0.25, -0.2) is 0 Å². The third-order valence-electron chi connectivity index (χ3n) is 3.96. The van der Waals surface area contributed by atoms with E-state index in [4.69, 9.17) is 4.74 Å². The predicted molar refractivity (Wildman–Crippen MR) is 87.2 cm³/mol. The largest absolute Gasteiger partial charge is 0.491 e. The zero-order valence-corrected chi connectivity index (χ0v) is 14.2. The summed E-state index contributed by atoms with van der Waals surface area (Å²) in [4.78, 5) is 0. The van der Waals surface area contributed by atoms with E-state index in [1.165, 1.54) is 5.56 Å². The normalized spacial score (nSPS) is 15.2. The first-order chi connectivity index (χ1) is 9.20. The topological polar surface area (TPSA) is 21.3 Å². The molecule has 1 N–H and O–H groups in total. The summed E-state index contributed by atoms with van der Waals surface area (Å²) < 4.78 is 5.67. The fourth-order valence-corrected chi connectivity index (χ4v) is 1.88. The van der Waals surface area contributed by atoms with Gasteiger partial charge in [-0.15, -0.1) is 0 Å². The lowest BCUT2D eigenvalue weighted by Crippen LogP contribution is -2.31. The van der Waals surface area contributed by atoms with E-state index >= 15 is 0 Å². The number of nitrogens with one attached hydrogen (secondary N) is 1. The molecule has 1 aromatic carbocycles. The number of benzene rings is 1. The summed E-state index contributed by atoms with van der Waals surface area (Å²) in [5.41, 5.74) is 1.66. The highest BCUT2D eigenvalue weighted by atomic mass is 16.5. The lowest BCUT2D eigenvalue weighted by atomic mass is 9.82. The molecule has 2 unspecified atom stereocenters. The van der Waals surface area contributed by atoms with Crippen molar-refractivity contribution in [1.82, 2.24) is 5.32 Å². The fraction of sp³-hybridized carbons (Fsp3) is 0.667. The van der Waals surface area contributed by atoms with Gasteiger partial charge in [-0.1, -0.05) is 39.8 Å². The summed E-state index contributed by atoms with van der Waals surface area (Å²) in [5, 5.41) is 3.62. The quantitative estimate of drug-likeness (QED) is 0.806. The zero-order valence-electron chi connectivity index (χ0n) is 14.2. The Morgan fingerprint density at radius 2 is 1.55 bits per heavy atom. The van der Waals surface area contributed by atoms with Crippen LogP contribution in [-0.2, 0) is 0 Å². The Morgan fingerprint density at radius 1 is 1.00 bits per heavy atom. The van der Waals surface area contributed by atoms with Crippen LogP contribution in [0.2, 0.25) is 0 Å². The molecular weight excluding hydrogens is 246 g/mol. The van der Waals surface area contributed by atoms with E-state index < -0.39 is 0 Å². The standard InChI is InChI=1S/C18H31NO/c1-13(2)20-17-10-8-16(9-11-17)15(4)19-12-14(3)18(5,6)7/h8-11,13-15,19H,12H2,1-7H3. The second-order valence-corrected chi connectivity index (χ2v) is 7.13. The monoisotopic (exact) mass is 277 g/mol. The van der Waals surface area contributed by atoms with Crippen LogP contribution in [0.3, 0.4) is 0 Å². The molecule has 2 heteroatoms. The Labute approximate surface area is 124 Å². The Kier molecular flexibility index (Phi) is 6.07. The van der Waals surface area contributed by atoms with E-state index in [9.17, 15) is 0 Å². The van der Waals surface area contributed by atoms with Crippen LogP contribution in [0, 0.1) is 11.3 Å². The van der Waals surface area contributed by atoms with Gasteiger partial charge >= 0.3 is 0 Å². The molecule has 0 aliphatic carbocycles. The van der Waals surface area contributed by atoms with E-state index in [0.717, 1.165) is 12.3 Å². The number of hydrogen-bond donors (Lipinski definition) is 1. The molecule has 0 heterocycles. The van der Waals surface area contributed by atoms with Crippen molar-refractivity contribution in [1.29, 1.82) is 0 Å². The Morgan fingerprint density at radius 3 is 2.00 bits per heavy atom. The van der Waals surface area contributed by atoms with Crippen molar-refractivity contribution < 1.29 is 4.74 Å². The molecule has 0 saturated carbocycles. The molecule has 114 valence electrons. The SMILES string of the molecule is CC(C)Oc1ccc(C(C)NCC(C)C(C)(C)C)cc1. The minimum atomic E-state index is 0.226. The molecule has 2 atom stereocenters. The minimum absolute atomic E-state index is 0.226. The average Bonchev–Trinajstić information content (AvgIpc) is 2.34. The molecule has 2 nitrogen and oxygen atoms in total. The summed E-state index contributed by atoms with van der Waals surface area (Å²) in [6, 6.07) is 8.78. The molecular formula is C18H31NO. The minimum Gasteiger partial charge on any atom is -0.491 e. The molecule has 0 aliphatic heterocycles. The molecule has 0 aromatic heterocycles. The average molecular weight is 277 g/mol. The van der Waals surface area contributed by atoms with Gasteiger partial charge in [0.15, 0.2) is 0 Å². The highest BCUT2D eigenvalue weighted by molar-refractivity contribution is 5.29. The van der Waals surface area contributed by atoms with Crippen molar-refractivity contribution in [2.24, 2.45) is 11.3 Å². The van der Waals surface area contributed by atoms with Gasteiger partial charge in [-0.05, 0) is 56.3 Å². The number of rotatable bonds is 6. The van der Waals surface area contributed by atoms with Gasteiger partial charge in [0, 0.05) is 6.04 Å². The number of ether oxygens (including phenoxy) is 1. The van der Waals surface area contributed by atoms with Crippen LogP contribution in [-0.4, -0.2) is 12.6 Å². The number of hydrogen-bond acceptors (Lipinski definition) is 2. The molecule has 0 amide bonds. The zero-order chi connectivity index (χ0) is 15.3. The molecule has 0 aliphatic rings. The second-order valence-electron chi connectivity index (χ2n) is 7.13. The van der Waals surface area contributed by atoms with Gasteiger partial charge in [-0.2, -0.15) is 0 Å². The summed E-state index contributed by atoms with van der Waals surface area (Å²) in [7, 11) is 0. The Hall–Kier alpha value is -1.02. The van der Waals surface area contributed by atoms with Gasteiger partial charge < -0.3 is 10.1 Å². The van der Waals surface area contributed by atoms with Crippen molar-refractivity contribution >= 4 is 0 Å². The van der Waals surface area contributed by atoms with Crippen LogP contribution < -0.4 is 10.1 Å². The first-order valence-electron chi connectivity index (χ1n) is 7.70.